The largest absolute Gasteiger partial charge is 0.237 e. The highest BCUT2D eigenvalue weighted by Crippen LogP contribution is 2.42. The zero-order valence-electron chi connectivity index (χ0n) is 10.7. The summed E-state index contributed by atoms with van der Waals surface area (Å²) in [6.07, 6.45) is 1.79. The molecule has 1 aliphatic rings. The van der Waals surface area contributed by atoms with E-state index >= 15 is 0 Å². The second-order valence-corrected chi connectivity index (χ2v) is 6.19. The van der Waals surface area contributed by atoms with E-state index < -0.39 is 0 Å². The van der Waals surface area contributed by atoms with Crippen LogP contribution in [0, 0.1) is 0 Å². The van der Waals surface area contributed by atoms with E-state index in [0.29, 0.717) is 0 Å². The molecule has 0 saturated carbocycles. The minimum absolute atomic E-state index is 0.266. The Kier molecular flexibility index (Phi) is 2.71. The lowest BCUT2D eigenvalue weighted by molar-refractivity contribution is 1.28. The van der Waals surface area contributed by atoms with Crippen molar-refractivity contribution in [3.8, 4) is 11.1 Å². The van der Waals surface area contributed by atoms with Gasteiger partial charge in [0, 0.05) is 16.0 Å². The Morgan fingerprint density at radius 1 is 0.700 bits per heavy atom. The summed E-state index contributed by atoms with van der Waals surface area (Å²) in [5, 5.41) is 0. The van der Waals surface area contributed by atoms with Gasteiger partial charge in [0.2, 0.25) is 0 Å². The number of hydrogen-bond donors (Lipinski definition) is 0. The third kappa shape index (κ3) is 1.79. The van der Waals surface area contributed by atoms with Crippen LogP contribution >= 0.6 is 0 Å². The second kappa shape index (κ2) is 4.69. The maximum absolute atomic E-state index is 4.86. The van der Waals surface area contributed by atoms with Crippen LogP contribution in [-0.4, -0.2) is 4.98 Å². The van der Waals surface area contributed by atoms with Gasteiger partial charge in [0.15, 0.2) is 5.82 Å². The molecule has 0 N–H and O–H groups in total. The fraction of sp³-hybridized carbons (Fsp3) is 0. The van der Waals surface area contributed by atoms with Crippen LogP contribution < -0.4 is 0 Å². The number of aromatic nitrogens is 1. The molecular weight excluding hydrogens is 264 g/mol. The second-order valence-electron chi connectivity index (χ2n) is 4.56. The van der Waals surface area contributed by atoms with Gasteiger partial charge in [-0.15, -0.1) is 0 Å². The molecule has 0 saturated heterocycles. The van der Waals surface area contributed by atoms with Crippen molar-refractivity contribution in [1.29, 1.82) is 0 Å². The molecule has 0 aliphatic carbocycles. The van der Waals surface area contributed by atoms with Crippen LogP contribution in [0.25, 0.3) is 11.1 Å². The molecule has 0 amide bonds. The van der Waals surface area contributed by atoms with Gasteiger partial charge >= 0.3 is 0 Å². The third-order valence-corrected chi connectivity index (χ3v) is 5.23. The molecule has 20 heavy (non-hydrogen) atoms. The molecule has 4 rings (SSSR count). The summed E-state index contributed by atoms with van der Waals surface area (Å²) in [7, 11) is -0.266. The maximum Gasteiger partial charge on any atom is 0.159 e. The predicted molar refractivity (Wildman–Crippen MR) is 82.1 cm³/mol. The molecule has 2 aromatic carbocycles. The van der Waals surface area contributed by atoms with E-state index in [0.717, 1.165) is 5.82 Å². The van der Waals surface area contributed by atoms with Crippen LogP contribution in [0.4, 0.5) is 5.82 Å². The number of fused-ring (bicyclic) bond motifs is 3. The maximum atomic E-state index is 4.86. The van der Waals surface area contributed by atoms with Crippen molar-refractivity contribution in [2.75, 3.05) is 0 Å². The van der Waals surface area contributed by atoms with E-state index in [1.54, 1.807) is 6.20 Å². The highest BCUT2D eigenvalue weighted by atomic mass is 32.2. The van der Waals surface area contributed by atoms with Crippen LogP contribution in [0.2, 0.25) is 0 Å². The summed E-state index contributed by atoms with van der Waals surface area (Å²) in [6.45, 7) is 0. The van der Waals surface area contributed by atoms with Crippen LogP contribution in [0.3, 0.4) is 0 Å². The average Bonchev–Trinajstić information content (AvgIpc) is 2.84. The zero-order chi connectivity index (χ0) is 13.4. The molecule has 0 atom stereocenters. The summed E-state index contributed by atoms with van der Waals surface area (Å²) in [6, 6.07) is 22.9. The Morgan fingerprint density at radius 3 is 1.90 bits per heavy atom. The van der Waals surface area contributed by atoms with E-state index in [9.17, 15) is 0 Å². The molecule has 0 radical (unpaired) electrons. The molecule has 0 fully saturated rings. The van der Waals surface area contributed by atoms with Gasteiger partial charge in [-0.05, 0) is 46.1 Å². The number of pyridine rings is 1. The standard InChI is InChI=1S/C17H12N2S/c1-3-9-15-13(7-1)14-8-2-4-10-16(14)20(15)19-17-11-5-6-12-18-17/h1-12H. The Bertz CT molecular complexity index is 762. The lowest BCUT2D eigenvalue weighted by atomic mass is 10.1. The first-order valence-corrected chi connectivity index (χ1v) is 7.67. The number of nitrogens with zero attached hydrogens (tertiary/aromatic N) is 2. The molecular formula is C17H12N2S. The van der Waals surface area contributed by atoms with Gasteiger partial charge in [-0.25, -0.2) is 4.98 Å². The molecule has 3 aromatic rings. The molecule has 0 bridgehead atoms. The minimum atomic E-state index is -0.266. The molecule has 2 nitrogen and oxygen atoms in total. The first kappa shape index (κ1) is 11.6. The Hall–Kier alpha value is -2.26. The number of benzene rings is 2. The predicted octanol–water partition coefficient (Wildman–Crippen LogP) is 4.61. The SMILES string of the molecule is c1ccc(N=S2c3ccccc3-c3ccccc32)nc1. The lowest BCUT2D eigenvalue weighted by Gasteiger charge is -2.02. The third-order valence-electron chi connectivity index (χ3n) is 3.31. The summed E-state index contributed by atoms with van der Waals surface area (Å²) in [5.41, 5.74) is 2.59. The van der Waals surface area contributed by atoms with Crippen molar-refractivity contribution >= 4 is 16.5 Å². The van der Waals surface area contributed by atoms with Crippen molar-refractivity contribution in [3.63, 3.8) is 0 Å². The van der Waals surface area contributed by atoms with E-state index in [4.69, 9.17) is 4.36 Å². The number of hydrogen-bond acceptors (Lipinski definition) is 2. The van der Waals surface area contributed by atoms with Crippen molar-refractivity contribution in [2.24, 2.45) is 4.36 Å². The van der Waals surface area contributed by atoms with Crippen molar-refractivity contribution in [2.45, 2.75) is 9.79 Å². The molecule has 1 aromatic heterocycles. The van der Waals surface area contributed by atoms with Crippen LogP contribution in [-0.2, 0) is 10.7 Å². The zero-order valence-corrected chi connectivity index (χ0v) is 11.5. The monoisotopic (exact) mass is 276 g/mol. The molecule has 0 unspecified atom stereocenters. The normalized spacial score (nSPS) is 12.8. The van der Waals surface area contributed by atoms with E-state index in [-0.39, 0.29) is 10.7 Å². The quantitative estimate of drug-likeness (QED) is 0.498. The molecule has 2 heterocycles. The van der Waals surface area contributed by atoms with Crippen molar-refractivity contribution < 1.29 is 0 Å². The van der Waals surface area contributed by atoms with Gasteiger partial charge in [0.25, 0.3) is 0 Å². The fourth-order valence-corrected chi connectivity index (χ4v) is 4.35. The molecule has 0 spiro atoms. The highest BCUT2D eigenvalue weighted by molar-refractivity contribution is 7.88. The van der Waals surface area contributed by atoms with Gasteiger partial charge < -0.3 is 0 Å². The topological polar surface area (TPSA) is 25.2 Å². The first-order valence-electron chi connectivity index (χ1n) is 6.49. The summed E-state index contributed by atoms with van der Waals surface area (Å²) in [4.78, 5) is 6.91. The molecule has 3 heteroatoms. The lowest BCUT2D eigenvalue weighted by Crippen LogP contribution is -1.86. The van der Waals surface area contributed by atoms with E-state index in [2.05, 4.69) is 53.5 Å². The number of rotatable bonds is 1. The Balaban J connectivity index is 1.99. The first-order chi connectivity index (χ1) is 9.93. The molecule has 96 valence electrons. The fourth-order valence-electron chi connectivity index (χ4n) is 2.43. The van der Waals surface area contributed by atoms with Crippen molar-refractivity contribution in [1.82, 2.24) is 4.98 Å². The van der Waals surface area contributed by atoms with Gasteiger partial charge in [0.05, 0.1) is 0 Å². The summed E-state index contributed by atoms with van der Waals surface area (Å²) >= 11 is 0. The Morgan fingerprint density at radius 2 is 1.30 bits per heavy atom. The minimum Gasteiger partial charge on any atom is -0.237 e. The van der Waals surface area contributed by atoms with Crippen LogP contribution in [0.5, 0.6) is 0 Å². The molecule has 1 aliphatic heterocycles. The van der Waals surface area contributed by atoms with Gasteiger partial charge in [-0.3, -0.25) is 0 Å². The van der Waals surface area contributed by atoms with Gasteiger partial charge in [-0.2, -0.15) is 4.36 Å². The van der Waals surface area contributed by atoms with Crippen LogP contribution in [0.1, 0.15) is 0 Å². The van der Waals surface area contributed by atoms with Gasteiger partial charge in [0.1, 0.15) is 0 Å². The van der Waals surface area contributed by atoms with E-state index in [1.165, 1.54) is 20.9 Å². The van der Waals surface area contributed by atoms with Crippen LogP contribution in [0.15, 0.2) is 87.1 Å². The van der Waals surface area contributed by atoms with Crippen molar-refractivity contribution in [3.05, 3.63) is 72.9 Å². The highest BCUT2D eigenvalue weighted by Gasteiger charge is 2.22. The average molecular weight is 276 g/mol. The Labute approximate surface area is 120 Å². The summed E-state index contributed by atoms with van der Waals surface area (Å²) in [5.74, 6) is 0.794. The smallest absolute Gasteiger partial charge is 0.159 e. The van der Waals surface area contributed by atoms with E-state index in [1.807, 2.05) is 18.2 Å². The van der Waals surface area contributed by atoms with Gasteiger partial charge in [-0.1, -0.05) is 42.5 Å². The summed E-state index contributed by atoms with van der Waals surface area (Å²) < 4.78 is 4.86.